The maximum atomic E-state index is 13.4. The molecule has 4 N–H and O–H groups in total. The van der Waals surface area contributed by atoms with Crippen LogP contribution < -0.4 is 16.4 Å². The van der Waals surface area contributed by atoms with Crippen molar-refractivity contribution in [2.45, 2.75) is 34.1 Å². The summed E-state index contributed by atoms with van der Waals surface area (Å²) in [6.07, 6.45) is 17.4. The number of anilines is 2. The Morgan fingerprint density at radius 3 is 2.38 bits per heavy atom. The number of rotatable bonds is 11. The molecule has 0 unspecified atom stereocenters. The number of terminal acetylenes is 1. The van der Waals surface area contributed by atoms with Crippen LogP contribution in [0, 0.1) is 24.6 Å². The highest BCUT2D eigenvalue weighted by atomic mass is 19.1. The lowest BCUT2D eigenvalue weighted by molar-refractivity contribution is 0.627. The molecular weight excluding hydrogens is 497 g/mol. The molecule has 206 valence electrons. The molecule has 0 saturated heterocycles. The van der Waals surface area contributed by atoms with Crippen LogP contribution in [0.2, 0.25) is 0 Å². The van der Waals surface area contributed by atoms with E-state index in [-0.39, 0.29) is 5.82 Å². The number of halogens is 1. The largest absolute Gasteiger partial charge is 0.397 e. The summed E-state index contributed by atoms with van der Waals surface area (Å²) in [7, 11) is 0. The smallest absolute Gasteiger partial charge is 0.123 e. The quantitative estimate of drug-likeness (QED) is 0.172. The average Bonchev–Trinajstić information content (AvgIpc) is 2.94. The van der Waals surface area contributed by atoms with Gasteiger partial charge in [0.2, 0.25) is 0 Å². The van der Waals surface area contributed by atoms with Crippen molar-refractivity contribution in [3.05, 3.63) is 126 Å². The first kappa shape index (κ1) is 31.3. The third-order valence-electron chi connectivity index (χ3n) is 6.23. The molecule has 1 aromatic carbocycles. The molecule has 0 amide bonds. The Bertz CT molecular complexity index is 1440. The zero-order valence-corrected chi connectivity index (χ0v) is 23.8. The van der Waals surface area contributed by atoms with Gasteiger partial charge in [-0.1, -0.05) is 57.9 Å². The third-order valence-corrected chi connectivity index (χ3v) is 6.23. The van der Waals surface area contributed by atoms with Crippen LogP contribution in [0.3, 0.4) is 0 Å². The molecule has 0 atom stereocenters. The topological polar surface area (TPSA) is 75.9 Å². The summed E-state index contributed by atoms with van der Waals surface area (Å²) in [5.41, 5.74) is 15.7. The molecule has 0 fully saturated rings. The Kier molecular flexibility index (Phi) is 11.7. The zero-order valence-electron chi connectivity index (χ0n) is 23.8. The van der Waals surface area contributed by atoms with E-state index in [1.165, 1.54) is 12.1 Å². The Hall–Kier alpha value is -4.89. The van der Waals surface area contributed by atoms with Gasteiger partial charge in [0, 0.05) is 35.3 Å². The van der Waals surface area contributed by atoms with Crippen LogP contribution in [0.4, 0.5) is 15.8 Å². The van der Waals surface area contributed by atoms with Gasteiger partial charge in [0.1, 0.15) is 5.82 Å². The second kappa shape index (κ2) is 14.9. The normalized spacial score (nSPS) is 11.6. The maximum Gasteiger partial charge on any atom is 0.123 e. The number of pyridine rings is 2. The van der Waals surface area contributed by atoms with E-state index in [1.807, 2.05) is 32.1 Å². The van der Waals surface area contributed by atoms with Gasteiger partial charge in [-0.25, -0.2) is 4.39 Å². The van der Waals surface area contributed by atoms with Crippen molar-refractivity contribution in [3.8, 4) is 24.1 Å². The lowest BCUT2D eigenvalue weighted by atomic mass is 9.97. The van der Waals surface area contributed by atoms with E-state index >= 15 is 0 Å². The highest BCUT2D eigenvalue weighted by Gasteiger charge is 2.11. The third kappa shape index (κ3) is 8.57. The van der Waals surface area contributed by atoms with E-state index in [0.717, 1.165) is 56.3 Å². The molecule has 0 radical (unpaired) electrons. The lowest BCUT2D eigenvalue weighted by Crippen LogP contribution is -2.14. The molecule has 0 bridgehead atoms. The number of allylic oxidation sites excluding steroid dienone is 7. The van der Waals surface area contributed by atoms with E-state index in [9.17, 15) is 4.39 Å². The van der Waals surface area contributed by atoms with Crippen molar-refractivity contribution in [1.82, 2.24) is 15.3 Å². The fourth-order valence-electron chi connectivity index (χ4n) is 3.82. The molecule has 0 aliphatic carbocycles. The van der Waals surface area contributed by atoms with Crippen molar-refractivity contribution in [3.63, 3.8) is 0 Å². The van der Waals surface area contributed by atoms with Crippen LogP contribution in [0.25, 0.3) is 16.8 Å². The number of nitrogens with one attached hydrogen (secondary N) is 2. The van der Waals surface area contributed by atoms with E-state index in [0.29, 0.717) is 18.0 Å². The fraction of sp³-hybridized carbons (Fsp3) is 0.176. The molecule has 3 rings (SSSR count). The molecule has 40 heavy (non-hydrogen) atoms. The van der Waals surface area contributed by atoms with E-state index < -0.39 is 0 Å². The van der Waals surface area contributed by atoms with Gasteiger partial charge in [-0.05, 0) is 66.3 Å². The van der Waals surface area contributed by atoms with Crippen molar-refractivity contribution in [2.75, 3.05) is 11.1 Å². The molecule has 0 spiro atoms. The minimum atomic E-state index is -0.273. The van der Waals surface area contributed by atoms with Gasteiger partial charge in [-0.2, -0.15) is 0 Å². The highest BCUT2D eigenvalue weighted by Crippen LogP contribution is 2.27. The first-order valence-electron chi connectivity index (χ1n) is 12.8. The molecule has 3 aromatic rings. The number of aromatic nitrogens is 2. The van der Waals surface area contributed by atoms with E-state index in [2.05, 4.69) is 67.0 Å². The van der Waals surface area contributed by atoms with Gasteiger partial charge in [0.15, 0.2) is 0 Å². The van der Waals surface area contributed by atoms with Gasteiger partial charge < -0.3 is 16.4 Å². The molecule has 5 nitrogen and oxygen atoms in total. The predicted molar refractivity (Wildman–Crippen MR) is 168 cm³/mol. The molecule has 0 aliphatic rings. The number of nitrogen functional groups attached to an aromatic ring is 1. The lowest BCUT2D eigenvalue weighted by Gasteiger charge is -2.17. The molecule has 2 aromatic heterocycles. The molecule has 0 aliphatic heterocycles. The minimum Gasteiger partial charge on any atom is -0.397 e. The van der Waals surface area contributed by atoms with Gasteiger partial charge in [-0.15, -0.1) is 12.8 Å². The van der Waals surface area contributed by atoms with Crippen LogP contribution >= 0.6 is 0 Å². The standard InChI is InChI=1S/C32H36FN5.C2H2/c1-8-9-30(25-10-12-28(33)13-11-25)22(5)24(7)37-21(4)14-26-16-32(36-19-31(26)34)27-15-29(18-35-17-27)38-23(6)20(2)3;1-2/h8-13,15-20,37-38H,1,4,6,14,34H2,2-3,5,7H3;1-2H/b24-22+,30-9+;. The minimum absolute atomic E-state index is 0.273. The molecule has 6 heteroatoms. The maximum absolute atomic E-state index is 13.4. The number of nitrogens with zero attached hydrogens (tertiary/aromatic N) is 2. The van der Waals surface area contributed by atoms with Crippen LogP contribution in [-0.4, -0.2) is 9.97 Å². The molecule has 0 saturated carbocycles. The average molecular weight is 536 g/mol. The Morgan fingerprint density at radius 1 is 1.07 bits per heavy atom. The summed E-state index contributed by atoms with van der Waals surface area (Å²) < 4.78 is 13.4. The van der Waals surface area contributed by atoms with Crippen LogP contribution in [0.15, 0.2) is 110 Å². The van der Waals surface area contributed by atoms with E-state index in [1.54, 1.807) is 36.8 Å². The Balaban J connectivity index is 0.00000274. The summed E-state index contributed by atoms with van der Waals surface area (Å²) in [6.45, 7) is 20.3. The van der Waals surface area contributed by atoms with Gasteiger partial charge >= 0.3 is 0 Å². The number of hydrogen-bond acceptors (Lipinski definition) is 5. The summed E-state index contributed by atoms with van der Waals surface area (Å²) in [6, 6.07) is 10.4. The highest BCUT2D eigenvalue weighted by molar-refractivity contribution is 5.80. The summed E-state index contributed by atoms with van der Waals surface area (Å²) in [5.74, 6) is 0.0317. The van der Waals surface area contributed by atoms with Crippen molar-refractivity contribution >= 4 is 16.9 Å². The summed E-state index contributed by atoms with van der Waals surface area (Å²) in [5, 5.41) is 6.71. The Morgan fingerprint density at radius 2 is 1.75 bits per heavy atom. The van der Waals surface area contributed by atoms with Gasteiger partial charge in [-0.3, -0.25) is 9.97 Å². The summed E-state index contributed by atoms with van der Waals surface area (Å²) in [4.78, 5) is 8.89. The summed E-state index contributed by atoms with van der Waals surface area (Å²) >= 11 is 0. The van der Waals surface area contributed by atoms with Crippen molar-refractivity contribution < 1.29 is 4.39 Å². The Labute approximate surface area is 238 Å². The van der Waals surface area contributed by atoms with Gasteiger partial charge in [0.05, 0.1) is 29.5 Å². The molecular formula is C34H38FN5. The fourth-order valence-corrected chi connectivity index (χ4v) is 3.82. The number of hydrogen-bond donors (Lipinski definition) is 3. The number of nitrogens with two attached hydrogens (primary N) is 1. The molecule has 2 heterocycles. The van der Waals surface area contributed by atoms with Crippen molar-refractivity contribution in [2.24, 2.45) is 5.92 Å². The SMILES string of the molecule is C#C.C=C/C=C(\C(C)=C(/C)NC(=C)Cc1cc(-c2cncc(NC(=C)C(C)C)c2)ncc1N)c1ccc(F)cc1. The second-order valence-electron chi connectivity index (χ2n) is 9.51. The predicted octanol–water partition coefficient (Wildman–Crippen LogP) is 7.91. The van der Waals surface area contributed by atoms with Crippen LogP contribution in [-0.2, 0) is 6.42 Å². The van der Waals surface area contributed by atoms with Crippen LogP contribution in [0.5, 0.6) is 0 Å². The van der Waals surface area contributed by atoms with Crippen molar-refractivity contribution in [1.29, 1.82) is 0 Å². The van der Waals surface area contributed by atoms with Gasteiger partial charge in [0.25, 0.3) is 0 Å². The first-order valence-corrected chi connectivity index (χ1v) is 12.8. The van der Waals surface area contributed by atoms with Crippen LogP contribution in [0.1, 0.15) is 38.8 Å². The zero-order chi connectivity index (χ0) is 29.8. The monoisotopic (exact) mass is 535 g/mol. The second-order valence-corrected chi connectivity index (χ2v) is 9.51. The van der Waals surface area contributed by atoms with E-state index in [4.69, 9.17) is 5.73 Å². The number of benzene rings is 1. The first-order chi connectivity index (χ1) is 19.1.